The molecule has 2 aromatic rings. The summed E-state index contributed by atoms with van der Waals surface area (Å²) in [7, 11) is -2.73. The van der Waals surface area contributed by atoms with E-state index in [-0.39, 0.29) is 22.0 Å². The van der Waals surface area contributed by atoms with Crippen LogP contribution in [0.2, 0.25) is 0 Å². The second-order valence-electron chi connectivity index (χ2n) is 6.86. The molecule has 2 aromatic carbocycles. The van der Waals surface area contributed by atoms with Crippen molar-refractivity contribution in [3.63, 3.8) is 0 Å². The van der Waals surface area contributed by atoms with E-state index in [0.717, 1.165) is 6.07 Å². The number of rotatable bonds is 6. The zero-order chi connectivity index (χ0) is 21.1. The molecule has 1 N–H and O–H groups in total. The SMILES string of the molecule is COC(=O)c1cccc(Oc2ccc(S(=O)(=O)NC(C)(C)C)cc2[N+](=O)[O-])c1. The molecule has 0 saturated heterocycles. The lowest BCUT2D eigenvalue weighted by atomic mass is 10.1. The molecule has 0 radical (unpaired) electrons. The lowest BCUT2D eigenvalue weighted by Crippen LogP contribution is -2.40. The Morgan fingerprint density at radius 2 is 1.82 bits per heavy atom. The summed E-state index contributed by atoms with van der Waals surface area (Å²) >= 11 is 0. The van der Waals surface area contributed by atoms with Crippen LogP contribution in [0.4, 0.5) is 5.69 Å². The van der Waals surface area contributed by atoms with Crippen LogP contribution in [0, 0.1) is 10.1 Å². The zero-order valence-corrected chi connectivity index (χ0v) is 16.6. The van der Waals surface area contributed by atoms with Crippen LogP contribution in [-0.4, -0.2) is 32.0 Å². The summed E-state index contributed by atoms with van der Waals surface area (Å²) in [5.74, 6) is -0.592. The smallest absolute Gasteiger partial charge is 0.337 e. The molecule has 0 amide bonds. The van der Waals surface area contributed by atoms with Gasteiger partial charge in [-0.05, 0) is 51.1 Å². The van der Waals surface area contributed by atoms with Crippen molar-refractivity contribution in [1.82, 2.24) is 4.72 Å². The van der Waals surface area contributed by atoms with E-state index < -0.39 is 32.1 Å². The highest BCUT2D eigenvalue weighted by atomic mass is 32.2. The number of nitrogens with one attached hydrogen (secondary N) is 1. The van der Waals surface area contributed by atoms with Gasteiger partial charge in [-0.15, -0.1) is 0 Å². The molecule has 0 aliphatic rings. The molecule has 0 unspecified atom stereocenters. The number of nitrogens with zero attached hydrogens (tertiary/aromatic N) is 1. The van der Waals surface area contributed by atoms with Gasteiger partial charge in [-0.2, -0.15) is 0 Å². The van der Waals surface area contributed by atoms with Crippen molar-refractivity contribution >= 4 is 21.7 Å². The molecule has 0 saturated carbocycles. The van der Waals surface area contributed by atoms with Gasteiger partial charge in [0.1, 0.15) is 5.75 Å². The van der Waals surface area contributed by atoms with Crippen molar-refractivity contribution < 1.29 is 27.6 Å². The number of ether oxygens (including phenoxy) is 2. The van der Waals surface area contributed by atoms with Crippen molar-refractivity contribution in [2.45, 2.75) is 31.2 Å². The Kier molecular flexibility index (Phi) is 6.05. The van der Waals surface area contributed by atoms with Crippen LogP contribution >= 0.6 is 0 Å². The van der Waals surface area contributed by atoms with Crippen LogP contribution in [0.1, 0.15) is 31.1 Å². The average Bonchev–Trinajstić information content (AvgIpc) is 2.59. The highest BCUT2D eigenvalue weighted by molar-refractivity contribution is 7.89. The van der Waals surface area contributed by atoms with Crippen LogP contribution in [0.5, 0.6) is 11.5 Å². The molecule has 28 heavy (non-hydrogen) atoms. The van der Waals surface area contributed by atoms with Gasteiger partial charge in [0.05, 0.1) is 22.5 Å². The van der Waals surface area contributed by atoms with E-state index in [2.05, 4.69) is 9.46 Å². The second-order valence-corrected chi connectivity index (χ2v) is 8.55. The Morgan fingerprint density at radius 3 is 2.39 bits per heavy atom. The highest BCUT2D eigenvalue weighted by Gasteiger charge is 2.26. The maximum atomic E-state index is 12.4. The van der Waals surface area contributed by atoms with Gasteiger partial charge < -0.3 is 9.47 Å². The van der Waals surface area contributed by atoms with Gasteiger partial charge in [0, 0.05) is 11.6 Å². The summed E-state index contributed by atoms with van der Waals surface area (Å²) in [4.78, 5) is 22.0. The summed E-state index contributed by atoms with van der Waals surface area (Å²) in [6.07, 6.45) is 0. The molecular formula is C18H20N2O7S. The lowest BCUT2D eigenvalue weighted by Gasteiger charge is -2.20. The molecule has 0 heterocycles. The quantitative estimate of drug-likeness (QED) is 0.442. The third-order valence-electron chi connectivity index (χ3n) is 3.36. The minimum Gasteiger partial charge on any atom is -0.465 e. The Labute approximate surface area is 162 Å². The fourth-order valence-electron chi connectivity index (χ4n) is 2.29. The number of hydrogen-bond acceptors (Lipinski definition) is 7. The molecular weight excluding hydrogens is 388 g/mol. The summed E-state index contributed by atoms with van der Waals surface area (Å²) in [5, 5.41) is 11.4. The van der Waals surface area contributed by atoms with E-state index in [4.69, 9.17) is 4.74 Å². The van der Waals surface area contributed by atoms with Crippen molar-refractivity contribution in [1.29, 1.82) is 0 Å². The number of hydrogen-bond donors (Lipinski definition) is 1. The fourth-order valence-corrected chi connectivity index (χ4v) is 3.72. The highest BCUT2D eigenvalue weighted by Crippen LogP contribution is 2.34. The van der Waals surface area contributed by atoms with Crippen molar-refractivity contribution in [3.05, 3.63) is 58.1 Å². The van der Waals surface area contributed by atoms with Gasteiger partial charge in [-0.1, -0.05) is 6.07 Å². The molecule has 9 nitrogen and oxygen atoms in total. The predicted octanol–water partition coefficient (Wildman–Crippen LogP) is 3.25. The molecule has 0 spiro atoms. The summed E-state index contributed by atoms with van der Waals surface area (Å²) in [6, 6.07) is 9.22. The third kappa shape index (κ3) is 5.27. The van der Waals surface area contributed by atoms with Crippen LogP contribution in [-0.2, 0) is 14.8 Å². The summed E-state index contributed by atoms with van der Waals surface area (Å²) in [6.45, 7) is 4.97. The Bertz CT molecular complexity index is 1010. The van der Waals surface area contributed by atoms with E-state index in [0.29, 0.717) is 0 Å². The second kappa shape index (κ2) is 7.95. The first kappa shape index (κ1) is 21.3. The number of methoxy groups -OCH3 is 1. The van der Waals surface area contributed by atoms with E-state index in [1.165, 1.54) is 43.5 Å². The van der Waals surface area contributed by atoms with Crippen LogP contribution in [0.25, 0.3) is 0 Å². The topological polar surface area (TPSA) is 125 Å². The molecule has 0 atom stereocenters. The molecule has 0 aromatic heterocycles. The van der Waals surface area contributed by atoms with Gasteiger partial charge in [0.15, 0.2) is 0 Å². The first-order valence-electron chi connectivity index (χ1n) is 8.11. The number of nitro groups is 1. The summed E-state index contributed by atoms with van der Waals surface area (Å²) < 4.78 is 37.4. The zero-order valence-electron chi connectivity index (χ0n) is 15.8. The van der Waals surface area contributed by atoms with Crippen molar-refractivity contribution in [3.8, 4) is 11.5 Å². The number of nitro benzene ring substituents is 1. The summed E-state index contributed by atoms with van der Waals surface area (Å²) in [5.41, 5.74) is -1.08. The number of carbonyl (C=O) groups excluding carboxylic acids is 1. The van der Waals surface area contributed by atoms with Crippen molar-refractivity contribution in [2.24, 2.45) is 0 Å². The normalized spacial score (nSPS) is 11.7. The molecule has 150 valence electrons. The van der Waals surface area contributed by atoms with Gasteiger partial charge in [-0.25, -0.2) is 17.9 Å². The van der Waals surface area contributed by atoms with Gasteiger partial charge in [0.2, 0.25) is 15.8 Å². The predicted molar refractivity (Wildman–Crippen MR) is 101 cm³/mol. The monoisotopic (exact) mass is 408 g/mol. The minimum absolute atomic E-state index is 0.162. The van der Waals surface area contributed by atoms with Gasteiger partial charge >= 0.3 is 11.7 Å². The molecule has 0 aliphatic carbocycles. The minimum atomic E-state index is -3.96. The largest absolute Gasteiger partial charge is 0.465 e. The maximum absolute atomic E-state index is 12.4. The Balaban J connectivity index is 2.42. The van der Waals surface area contributed by atoms with Crippen LogP contribution in [0.3, 0.4) is 0 Å². The fraction of sp³-hybridized carbons (Fsp3) is 0.278. The number of sulfonamides is 1. The molecule has 10 heteroatoms. The standard InChI is InChI=1S/C18H20N2O7S/c1-18(2,3)19-28(24,25)14-8-9-16(15(11-14)20(22)23)27-13-7-5-6-12(10-13)17(21)26-4/h5-11,19H,1-4H3. The van der Waals surface area contributed by atoms with E-state index in [1.54, 1.807) is 20.8 Å². The maximum Gasteiger partial charge on any atom is 0.337 e. The molecule has 2 rings (SSSR count). The first-order chi connectivity index (χ1) is 12.9. The number of esters is 1. The average molecular weight is 408 g/mol. The number of benzene rings is 2. The van der Waals surface area contributed by atoms with Crippen LogP contribution < -0.4 is 9.46 Å². The Morgan fingerprint density at radius 1 is 1.14 bits per heavy atom. The van der Waals surface area contributed by atoms with Crippen LogP contribution in [0.15, 0.2) is 47.4 Å². The van der Waals surface area contributed by atoms with E-state index in [9.17, 15) is 23.3 Å². The van der Waals surface area contributed by atoms with Gasteiger partial charge in [-0.3, -0.25) is 10.1 Å². The van der Waals surface area contributed by atoms with Gasteiger partial charge in [0.25, 0.3) is 0 Å². The lowest BCUT2D eigenvalue weighted by molar-refractivity contribution is -0.385. The number of carbonyl (C=O) groups is 1. The van der Waals surface area contributed by atoms with Crippen molar-refractivity contribution in [2.75, 3.05) is 7.11 Å². The Hall–Kier alpha value is -2.98. The molecule has 0 fully saturated rings. The first-order valence-corrected chi connectivity index (χ1v) is 9.60. The molecule has 0 aliphatic heterocycles. The van der Waals surface area contributed by atoms with E-state index in [1.807, 2.05) is 0 Å². The third-order valence-corrected chi connectivity index (χ3v) is 5.12. The van der Waals surface area contributed by atoms with E-state index >= 15 is 0 Å². The molecule has 0 bridgehead atoms.